The topological polar surface area (TPSA) is 113 Å². The van der Waals surface area contributed by atoms with Gasteiger partial charge in [-0.05, 0) is 33.7 Å². The average Bonchev–Trinajstić information content (AvgIpc) is 2.99. The maximum absolute atomic E-state index is 12.3. The van der Waals surface area contributed by atoms with Crippen molar-refractivity contribution in [3.63, 3.8) is 0 Å². The van der Waals surface area contributed by atoms with Gasteiger partial charge in [-0.3, -0.25) is 4.79 Å². The lowest BCUT2D eigenvalue weighted by Gasteiger charge is -2.17. The Labute approximate surface area is 135 Å². The first-order valence-corrected chi connectivity index (χ1v) is 8.26. The smallest absolute Gasteiger partial charge is 0.246 e. The molecule has 2 unspecified atom stereocenters. The van der Waals surface area contributed by atoms with Crippen LogP contribution in [0.5, 0.6) is 0 Å². The molecule has 10 heteroatoms. The van der Waals surface area contributed by atoms with Crippen LogP contribution in [0.15, 0.2) is 9.42 Å². The summed E-state index contributed by atoms with van der Waals surface area (Å²) in [6, 6.07) is -0.826. The highest BCUT2D eigenvalue weighted by Crippen LogP contribution is 2.18. The zero-order valence-electron chi connectivity index (χ0n) is 12.7. The first-order valence-electron chi connectivity index (χ1n) is 6.77. The Morgan fingerprint density at radius 3 is 2.64 bits per heavy atom. The quantitative estimate of drug-likeness (QED) is 0.679. The minimum absolute atomic E-state index is 0. The number of sulfonamides is 1. The molecule has 2 rings (SSSR count). The van der Waals surface area contributed by atoms with Crippen molar-refractivity contribution < 1.29 is 17.7 Å². The van der Waals surface area contributed by atoms with Gasteiger partial charge in [0.2, 0.25) is 15.9 Å². The van der Waals surface area contributed by atoms with E-state index in [1.165, 1.54) is 13.8 Å². The Morgan fingerprint density at radius 2 is 2.14 bits per heavy atom. The number of rotatable bonds is 5. The van der Waals surface area contributed by atoms with E-state index in [-0.39, 0.29) is 40.7 Å². The van der Waals surface area contributed by atoms with E-state index in [4.69, 9.17) is 4.52 Å². The van der Waals surface area contributed by atoms with Gasteiger partial charge < -0.3 is 15.2 Å². The summed E-state index contributed by atoms with van der Waals surface area (Å²) in [5, 5.41) is 9.55. The molecule has 0 radical (unpaired) electrons. The zero-order chi connectivity index (χ0) is 15.6. The summed E-state index contributed by atoms with van der Waals surface area (Å²) in [7, 11) is -3.84. The molecule has 0 spiro atoms. The minimum atomic E-state index is -3.84. The van der Waals surface area contributed by atoms with Crippen LogP contribution < -0.4 is 15.4 Å². The fraction of sp³-hybridized carbons (Fsp3) is 0.667. The Morgan fingerprint density at radius 1 is 1.45 bits per heavy atom. The molecule has 1 aliphatic rings. The lowest BCUT2D eigenvalue weighted by Crippen LogP contribution is -2.48. The first-order chi connectivity index (χ1) is 9.81. The summed E-state index contributed by atoms with van der Waals surface area (Å²) in [6.07, 6.45) is 0.842. The SMILES string of the molecule is Cc1noc(C)c1S(=O)(=O)NC(C)C(=O)NC1CCNC1.Cl. The molecule has 3 N–H and O–H groups in total. The number of aryl methyl sites for hydroxylation is 2. The molecule has 8 nitrogen and oxygen atoms in total. The molecule has 0 aliphatic carbocycles. The third-order valence-corrected chi connectivity index (χ3v) is 5.15. The molecular formula is C12H21ClN4O4S. The second kappa shape index (κ2) is 7.40. The standard InChI is InChI=1S/C12H20N4O4S.ClH/c1-7-11(9(3)20-15-7)21(18,19)16-8(2)12(17)14-10-4-5-13-6-10;/h8,10,13,16H,4-6H2,1-3H3,(H,14,17);1H. The maximum Gasteiger partial charge on any atom is 0.246 e. The van der Waals surface area contributed by atoms with E-state index < -0.39 is 16.1 Å². The second-order valence-corrected chi connectivity index (χ2v) is 6.85. The lowest BCUT2D eigenvalue weighted by molar-refractivity contribution is -0.122. The predicted molar refractivity (Wildman–Crippen MR) is 82.4 cm³/mol. The normalized spacial score (nSPS) is 19.5. The zero-order valence-corrected chi connectivity index (χ0v) is 14.3. The first kappa shape index (κ1) is 18.9. The van der Waals surface area contributed by atoms with Crippen LogP contribution in [0.1, 0.15) is 24.8 Å². The fourth-order valence-electron chi connectivity index (χ4n) is 2.31. The Bertz CT molecular complexity index is 606. The van der Waals surface area contributed by atoms with Crippen LogP contribution in [0, 0.1) is 13.8 Å². The van der Waals surface area contributed by atoms with Crippen LogP contribution in [-0.4, -0.2) is 44.7 Å². The maximum atomic E-state index is 12.3. The predicted octanol–water partition coefficient (Wildman–Crippen LogP) is -0.142. The van der Waals surface area contributed by atoms with Gasteiger partial charge >= 0.3 is 0 Å². The van der Waals surface area contributed by atoms with Crippen LogP contribution in [0.25, 0.3) is 0 Å². The number of aromatic nitrogens is 1. The molecule has 1 fully saturated rings. The molecule has 2 atom stereocenters. The highest BCUT2D eigenvalue weighted by atomic mass is 35.5. The molecule has 1 saturated heterocycles. The van der Waals surface area contributed by atoms with Crippen molar-refractivity contribution in [3.05, 3.63) is 11.5 Å². The molecule has 1 amide bonds. The van der Waals surface area contributed by atoms with Gasteiger partial charge in [0, 0.05) is 12.6 Å². The summed E-state index contributed by atoms with van der Waals surface area (Å²) < 4.78 is 31.8. The van der Waals surface area contributed by atoms with E-state index in [9.17, 15) is 13.2 Å². The van der Waals surface area contributed by atoms with Crippen LogP contribution >= 0.6 is 12.4 Å². The van der Waals surface area contributed by atoms with Crippen LogP contribution in [0.2, 0.25) is 0 Å². The second-order valence-electron chi connectivity index (χ2n) is 5.19. The fourth-order valence-corrected chi connectivity index (χ4v) is 3.84. The van der Waals surface area contributed by atoms with E-state index in [1.807, 2.05) is 0 Å². The van der Waals surface area contributed by atoms with Crippen LogP contribution in [0.4, 0.5) is 0 Å². The molecule has 0 bridgehead atoms. The third-order valence-electron chi connectivity index (χ3n) is 3.37. The molecule has 22 heavy (non-hydrogen) atoms. The minimum Gasteiger partial charge on any atom is -0.360 e. The van der Waals surface area contributed by atoms with Crippen molar-refractivity contribution in [2.75, 3.05) is 13.1 Å². The molecule has 1 aromatic rings. The molecule has 0 aromatic carbocycles. The number of halogens is 1. The van der Waals surface area contributed by atoms with Gasteiger partial charge in [-0.25, -0.2) is 8.42 Å². The third kappa shape index (κ3) is 4.19. The van der Waals surface area contributed by atoms with Crippen molar-refractivity contribution >= 4 is 28.3 Å². The van der Waals surface area contributed by atoms with E-state index in [0.29, 0.717) is 6.54 Å². The average molecular weight is 353 g/mol. The summed E-state index contributed by atoms with van der Waals surface area (Å²) in [4.78, 5) is 12.0. The van der Waals surface area contributed by atoms with Crippen molar-refractivity contribution in [2.24, 2.45) is 0 Å². The summed E-state index contributed by atoms with van der Waals surface area (Å²) >= 11 is 0. The largest absolute Gasteiger partial charge is 0.360 e. The van der Waals surface area contributed by atoms with Gasteiger partial charge in [-0.15, -0.1) is 12.4 Å². The highest BCUT2D eigenvalue weighted by molar-refractivity contribution is 7.89. The molecule has 2 heterocycles. The van der Waals surface area contributed by atoms with Crippen molar-refractivity contribution in [1.29, 1.82) is 0 Å². The van der Waals surface area contributed by atoms with Crippen LogP contribution in [0.3, 0.4) is 0 Å². The van der Waals surface area contributed by atoms with E-state index >= 15 is 0 Å². The Kier molecular flexibility index (Phi) is 6.36. The van der Waals surface area contributed by atoms with Gasteiger partial charge in [0.15, 0.2) is 5.76 Å². The number of nitrogens with one attached hydrogen (secondary N) is 3. The van der Waals surface area contributed by atoms with Gasteiger partial charge in [-0.2, -0.15) is 4.72 Å². The monoisotopic (exact) mass is 352 g/mol. The van der Waals surface area contributed by atoms with Gasteiger partial charge in [0.1, 0.15) is 10.6 Å². The summed E-state index contributed by atoms with van der Waals surface area (Å²) in [5.74, 6) is -0.147. The van der Waals surface area contributed by atoms with E-state index in [1.54, 1.807) is 6.92 Å². The van der Waals surface area contributed by atoms with Gasteiger partial charge in [0.05, 0.1) is 6.04 Å². The van der Waals surface area contributed by atoms with Crippen molar-refractivity contribution in [3.8, 4) is 0 Å². The molecule has 1 aliphatic heterocycles. The number of amides is 1. The molecular weight excluding hydrogens is 332 g/mol. The number of carbonyl (C=O) groups is 1. The summed E-state index contributed by atoms with van der Waals surface area (Å²) in [6.45, 7) is 6.12. The van der Waals surface area contributed by atoms with E-state index in [2.05, 4.69) is 20.5 Å². The van der Waals surface area contributed by atoms with Crippen molar-refractivity contribution in [2.45, 2.75) is 44.2 Å². The molecule has 0 saturated carbocycles. The Balaban J connectivity index is 0.00000242. The summed E-state index contributed by atoms with van der Waals surface area (Å²) in [5.41, 5.74) is 0.271. The number of carbonyl (C=O) groups excluding carboxylic acids is 1. The number of nitrogens with zero attached hydrogens (tertiary/aromatic N) is 1. The highest BCUT2D eigenvalue weighted by Gasteiger charge is 2.29. The van der Waals surface area contributed by atoms with Crippen molar-refractivity contribution in [1.82, 2.24) is 20.5 Å². The Hall–Kier alpha value is -1.16. The van der Waals surface area contributed by atoms with Gasteiger partial charge in [0.25, 0.3) is 0 Å². The van der Waals surface area contributed by atoms with Gasteiger partial charge in [-0.1, -0.05) is 5.16 Å². The lowest BCUT2D eigenvalue weighted by atomic mass is 10.2. The number of hydrogen-bond acceptors (Lipinski definition) is 6. The molecule has 126 valence electrons. The molecule has 1 aromatic heterocycles. The van der Waals surface area contributed by atoms with Crippen LogP contribution in [-0.2, 0) is 14.8 Å². The number of hydrogen-bond donors (Lipinski definition) is 3. The van der Waals surface area contributed by atoms with E-state index in [0.717, 1.165) is 13.0 Å².